The molecule has 0 spiro atoms. The molecule has 0 aromatic heterocycles. The van der Waals surface area contributed by atoms with Crippen LogP contribution in [0, 0.1) is 6.92 Å². The predicted molar refractivity (Wildman–Crippen MR) is 107 cm³/mol. The van der Waals surface area contributed by atoms with Gasteiger partial charge in [0.05, 0.1) is 5.75 Å². The van der Waals surface area contributed by atoms with Gasteiger partial charge in [-0.2, -0.15) is 0 Å². The number of anilines is 1. The van der Waals surface area contributed by atoms with E-state index in [4.69, 9.17) is 4.74 Å². The van der Waals surface area contributed by atoms with E-state index in [1.807, 2.05) is 55.5 Å². The van der Waals surface area contributed by atoms with Crippen LogP contribution in [0.3, 0.4) is 0 Å². The lowest BCUT2D eigenvalue weighted by molar-refractivity contribution is -0.144. The molecule has 0 heterocycles. The number of esters is 1. The zero-order chi connectivity index (χ0) is 18.9. The molecule has 2 rings (SSSR count). The summed E-state index contributed by atoms with van der Waals surface area (Å²) in [6, 6.07) is 15.8. The second-order valence-corrected chi connectivity index (χ2v) is 7.41. The molecule has 2 aromatic carbocycles. The standard InChI is InChI=1S/C21H25NO3S/c1-15(2)18-6-4-5-7-19(18)22-20(23)12-25-21(24)14-26-13-17-10-8-16(3)9-11-17/h4-11,15H,12-14H2,1-3H3,(H,22,23). The van der Waals surface area contributed by atoms with Gasteiger partial charge >= 0.3 is 5.97 Å². The first-order chi connectivity index (χ1) is 12.5. The highest BCUT2D eigenvalue weighted by atomic mass is 32.2. The normalized spacial score (nSPS) is 10.6. The molecule has 5 heteroatoms. The average molecular weight is 372 g/mol. The molecule has 0 aliphatic heterocycles. The summed E-state index contributed by atoms with van der Waals surface area (Å²) in [7, 11) is 0. The van der Waals surface area contributed by atoms with E-state index in [1.165, 1.54) is 17.3 Å². The molecule has 0 saturated carbocycles. The lowest BCUT2D eigenvalue weighted by Gasteiger charge is -2.13. The summed E-state index contributed by atoms with van der Waals surface area (Å²) in [6.07, 6.45) is 0. The maximum Gasteiger partial charge on any atom is 0.316 e. The van der Waals surface area contributed by atoms with E-state index in [0.29, 0.717) is 5.92 Å². The zero-order valence-corrected chi connectivity index (χ0v) is 16.3. The van der Waals surface area contributed by atoms with Gasteiger partial charge in [0.15, 0.2) is 6.61 Å². The Kier molecular flexibility index (Phi) is 7.73. The van der Waals surface area contributed by atoms with Crippen molar-refractivity contribution in [1.82, 2.24) is 0 Å². The van der Waals surface area contributed by atoms with E-state index in [-0.39, 0.29) is 24.2 Å². The van der Waals surface area contributed by atoms with Crippen molar-refractivity contribution >= 4 is 29.3 Å². The number of hydrogen-bond acceptors (Lipinski definition) is 4. The van der Waals surface area contributed by atoms with Crippen LogP contribution in [0.15, 0.2) is 48.5 Å². The number of thioether (sulfide) groups is 1. The molecule has 0 radical (unpaired) electrons. The van der Waals surface area contributed by atoms with Crippen LogP contribution in [-0.2, 0) is 20.1 Å². The number of carbonyl (C=O) groups excluding carboxylic acids is 2. The molecule has 0 atom stereocenters. The fourth-order valence-electron chi connectivity index (χ4n) is 2.42. The topological polar surface area (TPSA) is 55.4 Å². The number of aryl methyl sites for hydroxylation is 1. The monoisotopic (exact) mass is 371 g/mol. The fraction of sp³-hybridized carbons (Fsp3) is 0.333. The van der Waals surface area contributed by atoms with Crippen molar-refractivity contribution in [2.45, 2.75) is 32.4 Å². The van der Waals surface area contributed by atoms with Crippen molar-refractivity contribution in [1.29, 1.82) is 0 Å². The molecule has 0 saturated heterocycles. The number of carbonyl (C=O) groups is 2. The number of rotatable bonds is 8. The van der Waals surface area contributed by atoms with Crippen molar-refractivity contribution < 1.29 is 14.3 Å². The summed E-state index contributed by atoms with van der Waals surface area (Å²) >= 11 is 1.48. The minimum absolute atomic E-state index is 0.226. The Bertz CT molecular complexity index is 741. The quantitative estimate of drug-likeness (QED) is 0.693. The van der Waals surface area contributed by atoms with E-state index in [0.717, 1.165) is 22.6 Å². The van der Waals surface area contributed by atoms with Gasteiger partial charge in [-0.05, 0) is 30.0 Å². The predicted octanol–water partition coefficient (Wildman–Crippen LogP) is 4.53. The van der Waals surface area contributed by atoms with Gasteiger partial charge in [-0.1, -0.05) is 61.9 Å². The highest BCUT2D eigenvalue weighted by molar-refractivity contribution is 7.99. The van der Waals surface area contributed by atoms with Crippen molar-refractivity contribution in [3.05, 3.63) is 65.2 Å². The zero-order valence-electron chi connectivity index (χ0n) is 15.5. The van der Waals surface area contributed by atoms with Crippen LogP contribution in [0.1, 0.15) is 36.5 Å². The lowest BCUT2D eigenvalue weighted by atomic mass is 10.0. The van der Waals surface area contributed by atoms with E-state index < -0.39 is 0 Å². The van der Waals surface area contributed by atoms with Crippen LogP contribution in [0.2, 0.25) is 0 Å². The Balaban J connectivity index is 1.71. The first kappa shape index (κ1) is 20.0. The van der Waals surface area contributed by atoms with Crippen LogP contribution >= 0.6 is 11.8 Å². The molecule has 0 aliphatic rings. The summed E-state index contributed by atoms with van der Waals surface area (Å²) in [4.78, 5) is 23.8. The van der Waals surface area contributed by atoms with Gasteiger partial charge in [-0.25, -0.2) is 0 Å². The van der Waals surface area contributed by atoms with Gasteiger partial charge in [-0.3, -0.25) is 9.59 Å². The molecule has 4 nitrogen and oxygen atoms in total. The Labute approximate surface area is 159 Å². The molecule has 1 N–H and O–H groups in total. The third kappa shape index (κ3) is 6.56. The van der Waals surface area contributed by atoms with E-state index >= 15 is 0 Å². The van der Waals surface area contributed by atoms with Crippen molar-refractivity contribution in [2.24, 2.45) is 0 Å². The van der Waals surface area contributed by atoms with Gasteiger partial charge in [-0.15, -0.1) is 11.8 Å². The summed E-state index contributed by atoms with van der Waals surface area (Å²) in [5.74, 6) is 0.559. The second-order valence-electron chi connectivity index (χ2n) is 6.43. The number of ether oxygens (including phenoxy) is 1. The van der Waals surface area contributed by atoms with Crippen LogP contribution in [-0.4, -0.2) is 24.2 Å². The molecule has 1 amide bonds. The number of para-hydroxylation sites is 1. The maximum absolute atomic E-state index is 12.0. The molecule has 0 unspecified atom stereocenters. The van der Waals surface area contributed by atoms with E-state index in [1.54, 1.807) is 0 Å². The van der Waals surface area contributed by atoms with Gasteiger partial charge in [0.25, 0.3) is 5.91 Å². The third-order valence-electron chi connectivity index (χ3n) is 3.83. The van der Waals surface area contributed by atoms with Crippen molar-refractivity contribution in [3.8, 4) is 0 Å². The molecule has 138 valence electrons. The summed E-state index contributed by atoms with van der Waals surface area (Å²) in [5, 5.41) is 2.81. The molecule has 0 bridgehead atoms. The van der Waals surface area contributed by atoms with Gasteiger partial charge < -0.3 is 10.1 Å². The Morgan fingerprint density at radius 2 is 1.77 bits per heavy atom. The largest absolute Gasteiger partial charge is 0.455 e. The minimum Gasteiger partial charge on any atom is -0.455 e. The Morgan fingerprint density at radius 3 is 2.46 bits per heavy atom. The van der Waals surface area contributed by atoms with Gasteiger partial charge in [0.1, 0.15) is 0 Å². The van der Waals surface area contributed by atoms with Crippen LogP contribution < -0.4 is 5.32 Å². The van der Waals surface area contributed by atoms with Crippen LogP contribution in [0.4, 0.5) is 5.69 Å². The van der Waals surface area contributed by atoms with Crippen LogP contribution in [0.5, 0.6) is 0 Å². The minimum atomic E-state index is -0.380. The summed E-state index contributed by atoms with van der Waals surface area (Å²) in [6.45, 7) is 5.90. The highest BCUT2D eigenvalue weighted by Crippen LogP contribution is 2.23. The maximum atomic E-state index is 12.0. The number of benzene rings is 2. The highest BCUT2D eigenvalue weighted by Gasteiger charge is 2.11. The average Bonchev–Trinajstić information content (AvgIpc) is 2.62. The van der Waals surface area contributed by atoms with Gasteiger partial charge in [0, 0.05) is 11.4 Å². The van der Waals surface area contributed by atoms with Gasteiger partial charge in [0.2, 0.25) is 0 Å². The van der Waals surface area contributed by atoms with Crippen molar-refractivity contribution in [2.75, 3.05) is 17.7 Å². The first-order valence-corrected chi connectivity index (χ1v) is 9.79. The number of hydrogen-bond donors (Lipinski definition) is 1. The lowest BCUT2D eigenvalue weighted by Crippen LogP contribution is -2.22. The van der Waals surface area contributed by atoms with Crippen LogP contribution in [0.25, 0.3) is 0 Å². The summed E-state index contributed by atoms with van der Waals surface area (Å²) < 4.78 is 5.06. The number of nitrogens with one attached hydrogen (secondary N) is 1. The first-order valence-electron chi connectivity index (χ1n) is 8.63. The Hall–Kier alpha value is -2.27. The Morgan fingerprint density at radius 1 is 1.08 bits per heavy atom. The SMILES string of the molecule is Cc1ccc(CSCC(=O)OCC(=O)Nc2ccccc2C(C)C)cc1. The third-order valence-corrected chi connectivity index (χ3v) is 4.81. The van der Waals surface area contributed by atoms with E-state index in [9.17, 15) is 9.59 Å². The van der Waals surface area contributed by atoms with E-state index in [2.05, 4.69) is 19.2 Å². The fourth-order valence-corrected chi connectivity index (χ4v) is 3.21. The second kappa shape index (κ2) is 10.0. The summed E-state index contributed by atoms with van der Waals surface area (Å²) in [5.41, 5.74) is 4.19. The molecular formula is C21H25NO3S. The molecule has 0 aliphatic carbocycles. The number of amides is 1. The van der Waals surface area contributed by atoms with Crippen molar-refractivity contribution in [3.63, 3.8) is 0 Å². The molecule has 0 fully saturated rings. The molecule has 2 aromatic rings. The smallest absolute Gasteiger partial charge is 0.316 e. The molecule has 26 heavy (non-hydrogen) atoms. The molecular weight excluding hydrogens is 346 g/mol.